The number of nitrogen functional groups attached to an aromatic ring is 1. The summed E-state index contributed by atoms with van der Waals surface area (Å²) in [6, 6.07) is 11.6. The number of hydrogen-bond acceptors (Lipinski definition) is 3. The van der Waals surface area contributed by atoms with Crippen LogP contribution in [-0.4, -0.2) is 20.4 Å². The lowest BCUT2D eigenvalue weighted by Crippen LogP contribution is -2.13. The summed E-state index contributed by atoms with van der Waals surface area (Å²) < 4.78 is 2.69. The zero-order valence-corrected chi connectivity index (χ0v) is 11.4. The Morgan fingerprint density at radius 3 is 2.84 bits per heavy atom. The van der Waals surface area contributed by atoms with Crippen molar-refractivity contribution < 1.29 is 0 Å². The summed E-state index contributed by atoms with van der Waals surface area (Å²) in [6.07, 6.45) is 1.46. The summed E-state index contributed by atoms with van der Waals surface area (Å²) >= 11 is 3.45. The predicted octanol–water partition coefficient (Wildman–Crippen LogP) is 2.44. The van der Waals surface area contributed by atoms with Gasteiger partial charge in [-0.3, -0.25) is 5.41 Å². The number of nitrogens with two attached hydrogens (primary N) is 1. The average molecular weight is 316 g/mol. The van der Waals surface area contributed by atoms with Gasteiger partial charge in [-0.2, -0.15) is 5.10 Å². The lowest BCUT2D eigenvalue weighted by atomic mass is 10.1. The number of aromatic nitrogens is 3. The molecule has 5 nitrogen and oxygen atoms in total. The van der Waals surface area contributed by atoms with Gasteiger partial charge in [0.05, 0.1) is 11.3 Å². The Kier molecular flexibility index (Phi) is 2.79. The molecule has 0 unspecified atom stereocenters. The van der Waals surface area contributed by atoms with E-state index in [1.165, 1.54) is 6.33 Å². The molecular weight excluding hydrogens is 306 g/mol. The molecule has 3 N–H and O–H groups in total. The third-order valence-corrected chi connectivity index (χ3v) is 3.33. The molecule has 94 valence electrons. The Hall–Kier alpha value is -2.21. The molecule has 0 bridgehead atoms. The molecule has 2 heterocycles. The van der Waals surface area contributed by atoms with Crippen molar-refractivity contribution in [2.45, 2.75) is 0 Å². The van der Waals surface area contributed by atoms with Crippen LogP contribution in [0.15, 0.2) is 47.2 Å². The number of fused-ring (bicyclic) bond motifs is 1. The van der Waals surface area contributed by atoms with Crippen molar-refractivity contribution in [1.29, 1.82) is 5.41 Å². The zero-order chi connectivity index (χ0) is 13.4. The molecule has 2 aromatic heterocycles. The van der Waals surface area contributed by atoms with Crippen LogP contribution in [0.25, 0.3) is 16.9 Å². The number of benzene rings is 1. The van der Waals surface area contributed by atoms with Crippen molar-refractivity contribution >= 4 is 27.4 Å². The van der Waals surface area contributed by atoms with E-state index in [1.807, 2.05) is 30.3 Å². The summed E-state index contributed by atoms with van der Waals surface area (Å²) in [5.74, 6) is -0.0150. The van der Waals surface area contributed by atoms with Crippen LogP contribution in [0, 0.1) is 5.41 Å². The lowest BCUT2D eigenvalue weighted by Gasteiger charge is -2.07. The minimum Gasteiger partial charge on any atom is -0.384 e. The van der Waals surface area contributed by atoms with Gasteiger partial charge in [-0.15, -0.1) is 0 Å². The maximum atomic E-state index is 7.55. The largest absolute Gasteiger partial charge is 0.384 e. The van der Waals surface area contributed by atoms with Gasteiger partial charge >= 0.3 is 0 Å². The summed E-state index contributed by atoms with van der Waals surface area (Å²) in [6.45, 7) is 0. The maximum Gasteiger partial charge on any atom is 0.166 e. The molecule has 0 saturated carbocycles. The zero-order valence-electron chi connectivity index (χ0n) is 9.84. The summed E-state index contributed by atoms with van der Waals surface area (Å²) in [7, 11) is 0. The fraction of sp³-hybridized carbons (Fsp3) is 0. The molecule has 0 amide bonds. The highest BCUT2D eigenvalue weighted by atomic mass is 79.9. The predicted molar refractivity (Wildman–Crippen MR) is 77.1 cm³/mol. The Labute approximate surface area is 117 Å². The molecule has 0 aliphatic rings. The molecule has 0 radical (unpaired) electrons. The van der Waals surface area contributed by atoms with Crippen LogP contribution in [0.3, 0.4) is 0 Å². The number of pyridine rings is 1. The van der Waals surface area contributed by atoms with Crippen LogP contribution in [0.4, 0.5) is 0 Å². The first-order chi connectivity index (χ1) is 9.16. The second-order valence-electron chi connectivity index (χ2n) is 4.05. The van der Waals surface area contributed by atoms with Crippen molar-refractivity contribution in [3.05, 3.63) is 52.8 Å². The first-order valence-corrected chi connectivity index (χ1v) is 6.39. The standard InChI is InChI=1S/C13H10BrN5/c14-9-3-1-2-8(6-9)11-5-4-10(12(15)16)13-17-7-18-19(11)13/h1-7H,(H3,15,16). The molecule has 3 aromatic rings. The van der Waals surface area contributed by atoms with Gasteiger partial charge in [0.25, 0.3) is 0 Å². The highest BCUT2D eigenvalue weighted by Crippen LogP contribution is 2.24. The van der Waals surface area contributed by atoms with Crippen LogP contribution < -0.4 is 5.73 Å². The van der Waals surface area contributed by atoms with Crippen LogP contribution in [0.2, 0.25) is 0 Å². The fourth-order valence-electron chi connectivity index (χ4n) is 1.99. The monoisotopic (exact) mass is 315 g/mol. The summed E-state index contributed by atoms with van der Waals surface area (Å²) in [5.41, 5.74) is 8.63. The average Bonchev–Trinajstić information content (AvgIpc) is 2.86. The molecule has 19 heavy (non-hydrogen) atoms. The minimum absolute atomic E-state index is 0.0150. The second-order valence-corrected chi connectivity index (χ2v) is 4.97. The molecule has 1 aromatic carbocycles. The Bertz CT molecular complexity index is 778. The van der Waals surface area contributed by atoms with E-state index in [0.717, 1.165) is 15.7 Å². The van der Waals surface area contributed by atoms with E-state index in [4.69, 9.17) is 11.1 Å². The molecular formula is C13H10BrN5. The van der Waals surface area contributed by atoms with Crippen molar-refractivity contribution in [3.8, 4) is 11.3 Å². The van der Waals surface area contributed by atoms with Gasteiger partial charge in [0.15, 0.2) is 5.65 Å². The SMILES string of the molecule is N=C(N)c1ccc(-c2cccc(Br)c2)n2ncnc12. The number of nitrogens with zero attached hydrogens (tertiary/aromatic N) is 3. The first-order valence-electron chi connectivity index (χ1n) is 5.60. The smallest absolute Gasteiger partial charge is 0.166 e. The van der Waals surface area contributed by atoms with Crippen LogP contribution in [0.1, 0.15) is 5.56 Å². The molecule has 6 heteroatoms. The topological polar surface area (TPSA) is 80.1 Å². The highest BCUT2D eigenvalue weighted by Gasteiger charge is 2.11. The van der Waals surface area contributed by atoms with Gasteiger partial charge in [-0.25, -0.2) is 9.50 Å². The second kappa shape index (κ2) is 4.47. The quantitative estimate of drug-likeness (QED) is 0.563. The fourth-order valence-corrected chi connectivity index (χ4v) is 2.38. The van der Waals surface area contributed by atoms with Gasteiger partial charge < -0.3 is 5.73 Å². The van der Waals surface area contributed by atoms with Gasteiger partial charge in [-0.05, 0) is 24.3 Å². The van der Waals surface area contributed by atoms with Crippen molar-refractivity contribution in [3.63, 3.8) is 0 Å². The number of nitrogens with one attached hydrogen (secondary N) is 1. The number of halogens is 1. The third kappa shape index (κ3) is 2.00. The van der Waals surface area contributed by atoms with E-state index in [9.17, 15) is 0 Å². The minimum atomic E-state index is -0.0150. The van der Waals surface area contributed by atoms with Crippen molar-refractivity contribution in [2.24, 2.45) is 5.73 Å². The summed E-state index contributed by atoms with van der Waals surface area (Å²) in [4.78, 5) is 4.17. The molecule has 0 saturated heterocycles. The van der Waals surface area contributed by atoms with E-state index < -0.39 is 0 Å². The van der Waals surface area contributed by atoms with E-state index in [-0.39, 0.29) is 5.84 Å². The number of amidine groups is 1. The Morgan fingerprint density at radius 2 is 2.11 bits per heavy atom. The van der Waals surface area contributed by atoms with Crippen LogP contribution >= 0.6 is 15.9 Å². The maximum absolute atomic E-state index is 7.55. The van der Waals surface area contributed by atoms with E-state index >= 15 is 0 Å². The molecule has 0 aliphatic heterocycles. The Morgan fingerprint density at radius 1 is 1.26 bits per heavy atom. The van der Waals surface area contributed by atoms with E-state index in [2.05, 4.69) is 26.0 Å². The van der Waals surface area contributed by atoms with E-state index in [0.29, 0.717) is 11.2 Å². The first kappa shape index (κ1) is 11.9. The highest BCUT2D eigenvalue weighted by molar-refractivity contribution is 9.10. The molecule has 0 spiro atoms. The molecule has 3 rings (SSSR count). The van der Waals surface area contributed by atoms with Crippen molar-refractivity contribution in [1.82, 2.24) is 14.6 Å². The number of rotatable bonds is 2. The Balaban J connectivity index is 2.29. The number of hydrogen-bond donors (Lipinski definition) is 2. The lowest BCUT2D eigenvalue weighted by molar-refractivity contribution is 0.967. The van der Waals surface area contributed by atoms with Gasteiger partial charge in [0, 0.05) is 10.0 Å². The molecule has 0 fully saturated rings. The van der Waals surface area contributed by atoms with Gasteiger partial charge in [0.1, 0.15) is 12.2 Å². The van der Waals surface area contributed by atoms with Gasteiger partial charge in [0.2, 0.25) is 0 Å². The van der Waals surface area contributed by atoms with Crippen molar-refractivity contribution in [2.75, 3.05) is 0 Å². The molecule has 0 aliphatic carbocycles. The normalized spacial score (nSPS) is 10.8. The van der Waals surface area contributed by atoms with Crippen LogP contribution in [0.5, 0.6) is 0 Å². The van der Waals surface area contributed by atoms with E-state index in [1.54, 1.807) is 10.6 Å². The van der Waals surface area contributed by atoms with Gasteiger partial charge in [-0.1, -0.05) is 28.1 Å². The summed E-state index contributed by atoms with van der Waals surface area (Å²) in [5, 5.41) is 11.8. The molecule has 0 atom stereocenters. The van der Waals surface area contributed by atoms with Crippen LogP contribution in [-0.2, 0) is 0 Å². The third-order valence-electron chi connectivity index (χ3n) is 2.84.